The van der Waals surface area contributed by atoms with E-state index in [0.717, 1.165) is 96.5 Å². The zero-order valence-corrected chi connectivity index (χ0v) is 80.2. The Labute approximate surface area is 832 Å². The van der Waals surface area contributed by atoms with Crippen LogP contribution in [0, 0.1) is 30.2 Å². The molecule has 0 unspecified atom stereocenters. The van der Waals surface area contributed by atoms with Gasteiger partial charge in [0.2, 0.25) is 0 Å². The highest BCUT2D eigenvalue weighted by molar-refractivity contribution is 9.11. The minimum Gasteiger partial charge on any atom is -0.203 e. The van der Waals surface area contributed by atoms with E-state index in [4.69, 9.17) is 5.48 Å². The van der Waals surface area contributed by atoms with E-state index >= 15 is 8.78 Å². The third-order valence-electron chi connectivity index (χ3n) is 25.5. The van der Waals surface area contributed by atoms with Crippen LogP contribution in [0.1, 0.15) is 11.0 Å². The number of fused-ring (bicyclic) bond motifs is 4. The van der Waals surface area contributed by atoms with Gasteiger partial charge in [-0.25, -0.2) is 17.6 Å². The van der Waals surface area contributed by atoms with Crippen LogP contribution in [0.25, 0.3) is 220 Å². The highest BCUT2D eigenvalue weighted by Gasteiger charge is 2.28. The Bertz CT molecular complexity index is 8480. The number of rotatable bonds is 13. The Morgan fingerprint density at radius 2 is 0.453 bits per heavy atom. The van der Waals surface area contributed by atoms with Crippen molar-refractivity contribution >= 4 is 139 Å². The van der Waals surface area contributed by atoms with Crippen LogP contribution in [0.5, 0.6) is 0 Å². The molecule has 0 N–H and O–H groups in total. The molecule has 137 heavy (non-hydrogen) atoms. The van der Waals surface area contributed by atoms with Crippen LogP contribution in [0.3, 0.4) is 0 Å². The Balaban J connectivity index is 0.000000113. The average Bonchev–Trinajstić information content (AvgIpc) is 0.726. The van der Waals surface area contributed by atoms with Crippen molar-refractivity contribution in [2.75, 3.05) is 0 Å². The highest BCUT2D eigenvalue weighted by Crippen LogP contribution is 2.49. The molecule has 24 aromatic rings. The molecule has 24 aromatic carbocycles. The quantitative estimate of drug-likeness (QED) is 0.0355. The van der Waals surface area contributed by atoms with E-state index in [2.05, 4.69) is 374 Å². The Kier molecular flexibility index (Phi) is 23.9. The van der Waals surface area contributed by atoms with Crippen molar-refractivity contribution in [3.05, 3.63) is 526 Å². The van der Waals surface area contributed by atoms with Gasteiger partial charge in [-0.05, 0) is 358 Å². The van der Waals surface area contributed by atoms with Crippen LogP contribution in [0.15, 0.2) is 497 Å². The van der Waals surface area contributed by atoms with Crippen molar-refractivity contribution in [1.82, 2.24) is 0 Å². The molecule has 0 aliphatic carbocycles. The lowest BCUT2D eigenvalue weighted by Crippen LogP contribution is -2.01. The van der Waals surface area contributed by atoms with Gasteiger partial charge in [-0.3, -0.25) is 0 Å². The van der Waals surface area contributed by atoms with Gasteiger partial charge in [0.15, 0.2) is 23.3 Å². The summed E-state index contributed by atoms with van der Waals surface area (Å²) in [6.45, 7) is 2.13. The van der Waals surface area contributed by atoms with Crippen molar-refractivity contribution in [2.24, 2.45) is 0 Å². The van der Waals surface area contributed by atoms with Gasteiger partial charge in [0.1, 0.15) is 0 Å². The molecular formula is C129H82Br4F4. The molecule has 654 valence electrons. The van der Waals surface area contributed by atoms with Crippen LogP contribution >= 0.6 is 63.7 Å². The second-order valence-corrected chi connectivity index (χ2v) is 37.4. The SMILES string of the molecule is Brc1cc2ccc3cc(-c4cc(-c5ccccc5)cc(-c5ccccc5)c4)cc4ccc(c1)c2c34.Cc1cc(-c2cc(-c3ccccc3)cc(-c3ccccc3)c2)ccc1Br.Fc1c(F)c(-c2cc(-c3cccc4ccccc34)cc(-c3cccc4ccccc34)c2)c(F)c(F)c1Br.[2H]c1c([2H])c(-c2c3ccccc3c(-c3cc(-c4ccccc4)cc(-c4ccccc4)c3)c3ccccc23)c([2H])c([2H])c1Br. The van der Waals surface area contributed by atoms with Crippen molar-refractivity contribution in [3.63, 3.8) is 0 Å². The van der Waals surface area contributed by atoms with Gasteiger partial charge in [0, 0.05) is 13.4 Å². The molecule has 24 rings (SSSR count). The highest BCUT2D eigenvalue weighted by atomic mass is 79.9. The van der Waals surface area contributed by atoms with Gasteiger partial charge in [-0.15, -0.1) is 0 Å². The zero-order valence-electron chi connectivity index (χ0n) is 77.8. The fourth-order valence-corrected chi connectivity index (χ4v) is 20.2. The fourth-order valence-electron chi connectivity index (χ4n) is 19.0. The third kappa shape index (κ3) is 18.3. The standard InChI is InChI=1S/C38H25Br.C34H21Br.C32H17BrF4.C25H19Br/c39-32-21-19-28(20-22-32)37-33-15-7-9-17-35(33)38(36-18-10-8-16-34(36)37)31-24-29(26-11-3-1-4-12-26)23-30(25-31)27-13-5-2-6-14-27;35-32-20-26-13-11-24-15-30(16-25-12-14-27(21-32)34(26)33(24)25)31-18-28(22-7-3-1-4-8-22)17-29(19-31)23-9-5-2-6-10-23;33-28-31(36)29(34)27(30(35)32(28)37)22-16-20(25-13-5-9-18-7-1-3-11-23(18)25)15-21(17-22)26-14-6-10-19-8-2-4-12-24(19)26;1-18-14-21(12-13-25(18)26)24-16-22(19-8-4-2-5-9-19)15-23(17-24)20-10-6-3-7-11-20/h1-25H;1-21H;1-17H;2-17H,1H3/i19D,20D,21D,22D;;;. The Morgan fingerprint density at radius 3 is 0.810 bits per heavy atom. The molecule has 0 saturated heterocycles. The molecule has 0 heterocycles. The molecule has 0 aromatic heterocycles. The first-order chi connectivity index (χ1) is 68.8. The van der Waals surface area contributed by atoms with Gasteiger partial charge < -0.3 is 0 Å². The summed E-state index contributed by atoms with van der Waals surface area (Å²) in [5.41, 5.74) is 26.0. The summed E-state index contributed by atoms with van der Waals surface area (Å²) in [7, 11) is 0. The topological polar surface area (TPSA) is 0 Å². The van der Waals surface area contributed by atoms with E-state index in [0.29, 0.717) is 22.3 Å². The predicted molar refractivity (Wildman–Crippen MR) is 586 cm³/mol. The number of halogens is 8. The molecule has 0 spiro atoms. The van der Waals surface area contributed by atoms with E-state index in [1.165, 1.54) is 105 Å². The van der Waals surface area contributed by atoms with Gasteiger partial charge in [-0.1, -0.05) is 412 Å². The Hall–Kier alpha value is -15.0. The molecule has 0 amide bonds. The molecule has 0 saturated carbocycles. The molecule has 0 nitrogen and oxygen atoms in total. The van der Waals surface area contributed by atoms with E-state index in [-0.39, 0.29) is 34.2 Å². The summed E-state index contributed by atoms with van der Waals surface area (Å²) in [6.07, 6.45) is 0. The smallest absolute Gasteiger partial charge is 0.176 e. The van der Waals surface area contributed by atoms with E-state index in [1.54, 1.807) is 12.1 Å². The van der Waals surface area contributed by atoms with Gasteiger partial charge in [0.05, 0.1) is 15.5 Å². The summed E-state index contributed by atoms with van der Waals surface area (Å²) in [5, 5.41) is 15.4. The van der Waals surface area contributed by atoms with Crippen LogP contribution in [0.4, 0.5) is 17.6 Å². The molecule has 0 fully saturated rings. The van der Waals surface area contributed by atoms with Gasteiger partial charge in [0.25, 0.3) is 0 Å². The number of benzene rings is 24. The maximum absolute atomic E-state index is 15.2. The normalized spacial score (nSPS) is 11.7. The van der Waals surface area contributed by atoms with E-state index < -0.39 is 33.3 Å². The monoisotopic (exact) mass is 2030 g/mol. The first kappa shape index (κ1) is 83.8. The summed E-state index contributed by atoms with van der Waals surface area (Å²) < 4.78 is 95.9. The van der Waals surface area contributed by atoms with Gasteiger partial charge in [-0.2, -0.15) is 0 Å². The molecular weight excluding hydrogens is 1950 g/mol. The van der Waals surface area contributed by atoms with E-state index in [1.807, 2.05) is 140 Å². The number of aryl methyl sites for hydroxylation is 1. The lowest BCUT2D eigenvalue weighted by Gasteiger charge is -2.19. The number of hydrogen-bond donors (Lipinski definition) is 0. The molecule has 0 radical (unpaired) electrons. The molecule has 0 atom stereocenters. The second kappa shape index (κ2) is 39.1. The zero-order chi connectivity index (χ0) is 96.6. The van der Waals surface area contributed by atoms with Crippen molar-refractivity contribution in [3.8, 4) is 145 Å². The summed E-state index contributed by atoms with van der Waals surface area (Å²) in [6, 6.07) is 157. The summed E-state index contributed by atoms with van der Waals surface area (Å²) >= 11 is 13.2. The van der Waals surface area contributed by atoms with Crippen LogP contribution < -0.4 is 0 Å². The largest absolute Gasteiger partial charge is 0.203 e. The van der Waals surface area contributed by atoms with Gasteiger partial charge >= 0.3 is 0 Å². The van der Waals surface area contributed by atoms with Crippen molar-refractivity contribution < 1.29 is 23.0 Å². The van der Waals surface area contributed by atoms with Crippen molar-refractivity contribution in [1.29, 1.82) is 0 Å². The second-order valence-electron chi connectivity index (χ2n) is 34.0. The number of hydrogen-bond acceptors (Lipinski definition) is 0. The molecule has 0 aliphatic rings. The third-order valence-corrected chi connectivity index (χ3v) is 27.9. The van der Waals surface area contributed by atoms with Crippen LogP contribution in [-0.4, -0.2) is 0 Å². The van der Waals surface area contributed by atoms with Crippen LogP contribution in [0.2, 0.25) is 0 Å². The average molecular weight is 2030 g/mol. The molecule has 0 aliphatic heterocycles. The summed E-state index contributed by atoms with van der Waals surface area (Å²) in [5.74, 6) is -5.86. The maximum Gasteiger partial charge on any atom is 0.176 e. The first-order valence-corrected chi connectivity index (χ1v) is 48.2. The minimum absolute atomic E-state index is 0.0358. The first-order valence-electron chi connectivity index (χ1n) is 47.1. The predicted octanol–water partition coefficient (Wildman–Crippen LogP) is 39.8. The maximum atomic E-state index is 15.2. The lowest BCUT2D eigenvalue weighted by molar-refractivity contribution is 0.451. The fraction of sp³-hybridized carbons (Fsp3) is 0.00775. The Morgan fingerprint density at radius 1 is 0.182 bits per heavy atom. The molecule has 0 bridgehead atoms. The van der Waals surface area contributed by atoms with Crippen LogP contribution in [-0.2, 0) is 0 Å². The minimum atomic E-state index is -1.48. The lowest BCUT2D eigenvalue weighted by atomic mass is 9.84. The summed E-state index contributed by atoms with van der Waals surface area (Å²) in [4.78, 5) is 0. The molecule has 8 heteroatoms. The van der Waals surface area contributed by atoms with Crippen molar-refractivity contribution in [2.45, 2.75) is 6.92 Å². The van der Waals surface area contributed by atoms with E-state index in [9.17, 15) is 8.78 Å².